The molecule has 1 aliphatic heterocycles. The van der Waals surface area contributed by atoms with E-state index in [1.54, 1.807) is 20.4 Å². The topological polar surface area (TPSA) is 43.4 Å². The number of hydrogen-bond acceptors (Lipinski definition) is 4. The summed E-state index contributed by atoms with van der Waals surface area (Å²) in [5, 5.41) is 3.23. The molecule has 4 heteroatoms. The van der Waals surface area contributed by atoms with Crippen LogP contribution in [0.5, 0.6) is 5.75 Å². The highest BCUT2D eigenvalue weighted by atomic mass is 16.5. The van der Waals surface area contributed by atoms with E-state index >= 15 is 0 Å². The predicted octanol–water partition coefficient (Wildman–Crippen LogP) is 0.621. The zero-order valence-corrected chi connectivity index (χ0v) is 9.12. The molecule has 1 aliphatic rings. The number of nitrogens with zero attached hydrogens (tertiary/aromatic N) is 1. The summed E-state index contributed by atoms with van der Waals surface area (Å²) in [6, 6.07) is 2.01. The largest absolute Gasteiger partial charge is 0.495 e. The first-order valence-electron chi connectivity index (χ1n) is 5.02. The number of ether oxygens (including phenoxy) is 2. The van der Waals surface area contributed by atoms with Crippen molar-refractivity contribution in [1.29, 1.82) is 0 Å². The molecule has 1 saturated heterocycles. The molecule has 1 aromatic heterocycles. The van der Waals surface area contributed by atoms with Gasteiger partial charge < -0.3 is 14.8 Å². The van der Waals surface area contributed by atoms with Crippen molar-refractivity contribution in [3.63, 3.8) is 0 Å². The second-order valence-electron chi connectivity index (χ2n) is 3.90. The van der Waals surface area contributed by atoms with Gasteiger partial charge in [0.25, 0.3) is 0 Å². The summed E-state index contributed by atoms with van der Waals surface area (Å²) in [5.41, 5.74) is 1.10. The van der Waals surface area contributed by atoms with Gasteiger partial charge in [-0.25, -0.2) is 0 Å². The highest BCUT2D eigenvalue weighted by Crippen LogP contribution is 2.23. The lowest BCUT2D eigenvalue weighted by Gasteiger charge is -2.41. The SMILES string of the molecule is COc1cncc(CC2(OC)CNC2)c1. The second-order valence-corrected chi connectivity index (χ2v) is 3.90. The van der Waals surface area contributed by atoms with Crippen molar-refractivity contribution in [1.82, 2.24) is 10.3 Å². The smallest absolute Gasteiger partial charge is 0.137 e. The molecule has 1 fully saturated rings. The second kappa shape index (κ2) is 4.16. The van der Waals surface area contributed by atoms with Crippen molar-refractivity contribution >= 4 is 0 Å². The first-order valence-corrected chi connectivity index (χ1v) is 5.02. The summed E-state index contributed by atoms with van der Waals surface area (Å²) in [5.74, 6) is 0.797. The minimum Gasteiger partial charge on any atom is -0.495 e. The van der Waals surface area contributed by atoms with Gasteiger partial charge in [-0.05, 0) is 11.6 Å². The Hall–Kier alpha value is -1.13. The fraction of sp³-hybridized carbons (Fsp3) is 0.545. The molecule has 0 amide bonds. The van der Waals surface area contributed by atoms with Crippen molar-refractivity contribution < 1.29 is 9.47 Å². The lowest BCUT2D eigenvalue weighted by Crippen LogP contribution is -2.61. The van der Waals surface area contributed by atoms with E-state index in [0.29, 0.717) is 0 Å². The van der Waals surface area contributed by atoms with Crippen LogP contribution < -0.4 is 10.1 Å². The predicted molar refractivity (Wildman–Crippen MR) is 57.1 cm³/mol. The Morgan fingerprint density at radius 1 is 1.40 bits per heavy atom. The van der Waals surface area contributed by atoms with Crippen LogP contribution in [-0.4, -0.2) is 37.9 Å². The fourth-order valence-corrected chi connectivity index (χ4v) is 1.79. The van der Waals surface area contributed by atoms with Crippen LogP contribution in [0.25, 0.3) is 0 Å². The number of methoxy groups -OCH3 is 2. The Labute approximate surface area is 89.6 Å². The van der Waals surface area contributed by atoms with Crippen LogP contribution >= 0.6 is 0 Å². The summed E-state index contributed by atoms with van der Waals surface area (Å²) in [4.78, 5) is 4.13. The van der Waals surface area contributed by atoms with E-state index in [9.17, 15) is 0 Å². The van der Waals surface area contributed by atoms with Crippen LogP contribution in [0, 0.1) is 0 Å². The van der Waals surface area contributed by atoms with Gasteiger partial charge in [-0.2, -0.15) is 0 Å². The van der Waals surface area contributed by atoms with Gasteiger partial charge in [0.2, 0.25) is 0 Å². The number of aromatic nitrogens is 1. The van der Waals surface area contributed by atoms with Gasteiger partial charge in [-0.3, -0.25) is 4.98 Å². The van der Waals surface area contributed by atoms with E-state index in [4.69, 9.17) is 9.47 Å². The van der Waals surface area contributed by atoms with Gasteiger partial charge in [0.05, 0.1) is 18.9 Å². The summed E-state index contributed by atoms with van der Waals surface area (Å²) >= 11 is 0. The Kier molecular flexibility index (Phi) is 2.88. The molecule has 82 valence electrons. The molecule has 4 nitrogen and oxygen atoms in total. The Bertz CT molecular complexity index is 332. The summed E-state index contributed by atoms with van der Waals surface area (Å²) in [6.07, 6.45) is 4.45. The third kappa shape index (κ3) is 2.11. The molecule has 0 saturated carbocycles. The molecule has 0 atom stereocenters. The van der Waals surface area contributed by atoms with Crippen molar-refractivity contribution in [2.24, 2.45) is 0 Å². The molecule has 1 N–H and O–H groups in total. The van der Waals surface area contributed by atoms with Crippen LogP contribution in [0.4, 0.5) is 0 Å². The minimum atomic E-state index is -0.0476. The van der Waals surface area contributed by atoms with E-state index < -0.39 is 0 Å². The van der Waals surface area contributed by atoms with E-state index in [-0.39, 0.29) is 5.60 Å². The molecule has 0 unspecified atom stereocenters. The molecule has 0 spiro atoms. The molecule has 0 radical (unpaired) electrons. The molecule has 0 aromatic carbocycles. The van der Waals surface area contributed by atoms with Crippen molar-refractivity contribution in [2.75, 3.05) is 27.3 Å². The molecule has 15 heavy (non-hydrogen) atoms. The van der Waals surface area contributed by atoms with Gasteiger partial charge in [0.15, 0.2) is 0 Å². The van der Waals surface area contributed by atoms with Gasteiger partial charge in [-0.15, -0.1) is 0 Å². The first kappa shape index (κ1) is 10.4. The zero-order chi connectivity index (χ0) is 10.7. The third-order valence-corrected chi connectivity index (χ3v) is 2.86. The number of rotatable bonds is 4. The maximum absolute atomic E-state index is 5.52. The van der Waals surface area contributed by atoms with Gasteiger partial charge in [-0.1, -0.05) is 0 Å². The first-order chi connectivity index (χ1) is 7.28. The molecule has 1 aromatic rings. The van der Waals surface area contributed by atoms with Gasteiger partial charge in [0, 0.05) is 32.8 Å². The summed E-state index contributed by atoms with van der Waals surface area (Å²) < 4.78 is 10.7. The van der Waals surface area contributed by atoms with E-state index in [0.717, 1.165) is 30.8 Å². The average molecular weight is 208 g/mol. The van der Waals surface area contributed by atoms with Crippen molar-refractivity contribution in [3.05, 3.63) is 24.0 Å². The Balaban J connectivity index is 2.09. The van der Waals surface area contributed by atoms with Crippen LogP contribution in [0.15, 0.2) is 18.5 Å². The quantitative estimate of drug-likeness (QED) is 0.787. The van der Waals surface area contributed by atoms with Crippen LogP contribution in [0.1, 0.15) is 5.56 Å². The van der Waals surface area contributed by atoms with Gasteiger partial charge >= 0.3 is 0 Å². The van der Waals surface area contributed by atoms with Crippen LogP contribution in [-0.2, 0) is 11.2 Å². The standard InChI is InChI=1S/C11H16N2O2/c1-14-10-3-9(5-12-6-10)4-11(15-2)7-13-8-11/h3,5-6,13H,4,7-8H2,1-2H3. The number of hydrogen-bond donors (Lipinski definition) is 1. The zero-order valence-electron chi connectivity index (χ0n) is 9.12. The highest BCUT2D eigenvalue weighted by molar-refractivity contribution is 5.25. The molecule has 2 rings (SSSR count). The highest BCUT2D eigenvalue weighted by Gasteiger charge is 2.36. The Morgan fingerprint density at radius 3 is 2.73 bits per heavy atom. The fourth-order valence-electron chi connectivity index (χ4n) is 1.79. The normalized spacial score (nSPS) is 18.3. The molecule has 0 bridgehead atoms. The summed E-state index contributed by atoms with van der Waals surface area (Å²) in [6.45, 7) is 1.81. The van der Waals surface area contributed by atoms with E-state index in [2.05, 4.69) is 10.3 Å². The summed E-state index contributed by atoms with van der Waals surface area (Å²) in [7, 11) is 3.41. The van der Waals surface area contributed by atoms with Gasteiger partial charge in [0.1, 0.15) is 5.75 Å². The third-order valence-electron chi connectivity index (χ3n) is 2.86. The number of nitrogens with one attached hydrogen (secondary N) is 1. The monoisotopic (exact) mass is 208 g/mol. The lowest BCUT2D eigenvalue weighted by atomic mass is 9.89. The van der Waals surface area contributed by atoms with E-state index in [1.165, 1.54) is 0 Å². The maximum Gasteiger partial charge on any atom is 0.137 e. The van der Waals surface area contributed by atoms with Crippen molar-refractivity contribution in [2.45, 2.75) is 12.0 Å². The Morgan fingerprint density at radius 2 is 2.20 bits per heavy atom. The molecule has 2 heterocycles. The van der Waals surface area contributed by atoms with Crippen LogP contribution in [0.2, 0.25) is 0 Å². The number of pyridine rings is 1. The maximum atomic E-state index is 5.52. The molecular weight excluding hydrogens is 192 g/mol. The van der Waals surface area contributed by atoms with Crippen LogP contribution in [0.3, 0.4) is 0 Å². The lowest BCUT2D eigenvalue weighted by molar-refractivity contribution is -0.0502. The van der Waals surface area contributed by atoms with Crippen molar-refractivity contribution in [3.8, 4) is 5.75 Å². The van der Waals surface area contributed by atoms with E-state index in [1.807, 2.05) is 12.3 Å². The average Bonchev–Trinajstić information content (AvgIpc) is 2.24. The molecular formula is C11H16N2O2. The minimum absolute atomic E-state index is 0.0476. The molecule has 0 aliphatic carbocycles.